The number of rotatable bonds is 6. The number of nitrogens with zero attached hydrogens (tertiary/aromatic N) is 2. The van der Waals surface area contributed by atoms with Crippen molar-refractivity contribution in [2.75, 3.05) is 5.73 Å². The van der Waals surface area contributed by atoms with Crippen molar-refractivity contribution in [1.29, 1.82) is 0 Å². The van der Waals surface area contributed by atoms with Crippen molar-refractivity contribution in [1.82, 2.24) is 15.3 Å². The number of nitrogens with one attached hydrogen (secondary N) is 1. The number of alkyl halides is 3. The van der Waals surface area contributed by atoms with E-state index in [1.165, 1.54) is 18.3 Å². The van der Waals surface area contributed by atoms with Gasteiger partial charge in [-0.2, -0.15) is 13.2 Å². The van der Waals surface area contributed by atoms with Gasteiger partial charge in [0.15, 0.2) is 0 Å². The number of benzene rings is 1. The highest BCUT2D eigenvalue weighted by atomic mass is 19.4. The van der Waals surface area contributed by atoms with Crippen LogP contribution in [0.15, 0.2) is 36.7 Å². The molecule has 4 rings (SSSR count). The minimum atomic E-state index is -4.53. The first-order valence-corrected chi connectivity index (χ1v) is 9.64. The molecule has 3 aromatic rings. The van der Waals surface area contributed by atoms with E-state index in [0.29, 0.717) is 34.7 Å². The molecule has 10 heteroatoms. The van der Waals surface area contributed by atoms with Gasteiger partial charge in [-0.05, 0) is 42.0 Å². The van der Waals surface area contributed by atoms with Gasteiger partial charge in [0.05, 0.1) is 6.61 Å². The average molecular weight is 436 g/mol. The van der Waals surface area contributed by atoms with Crippen molar-refractivity contribution in [2.45, 2.75) is 44.3 Å². The number of fused-ring (bicyclic) bond motifs is 1. The van der Waals surface area contributed by atoms with E-state index in [-0.39, 0.29) is 36.9 Å². The van der Waals surface area contributed by atoms with Gasteiger partial charge >= 0.3 is 6.18 Å². The predicted octanol–water partition coefficient (Wildman–Crippen LogP) is 3.56. The Balaban J connectivity index is 1.39. The lowest BCUT2D eigenvalue weighted by Gasteiger charge is -2.36. The summed E-state index contributed by atoms with van der Waals surface area (Å²) in [6, 6.07) is 5.15. The lowest BCUT2D eigenvalue weighted by Crippen LogP contribution is -2.46. The molecular weight excluding hydrogens is 416 g/mol. The average Bonchev–Trinajstić information content (AvgIpc) is 2.69. The van der Waals surface area contributed by atoms with Crippen LogP contribution in [0.5, 0.6) is 5.75 Å². The monoisotopic (exact) mass is 436 g/mol. The van der Waals surface area contributed by atoms with E-state index in [1.54, 1.807) is 6.07 Å². The summed E-state index contributed by atoms with van der Waals surface area (Å²) in [5, 5.41) is 13.9. The van der Waals surface area contributed by atoms with Gasteiger partial charge < -0.3 is 20.9 Å². The fourth-order valence-corrected chi connectivity index (χ4v) is 3.64. The first-order chi connectivity index (χ1) is 14.7. The molecular formula is C21H20F4N4O2. The highest BCUT2D eigenvalue weighted by molar-refractivity contribution is 5.89. The zero-order valence-electron chi connectivity index (χ0n) is 16.3. The van der Waals surface area contributed by atoms with Gasteiger partial charge in [0.2, 0.25) is 0 Å². The van der Waals surface area contributed by atoms with Crippen LogP contribution in [0.3, 0.4) is 0 Å². The van der Waals surface area contributed by atoms with Crippen LogP contribution in [0, 0.1) is 5.82 Å². The fraction of sp³-hybridized carbons (Fsp3) is 0.333. The Kier molecular flexibility index (Phi) is 5.67. The SMILES string of the molecule is Nc1cc2c(CN[C@H]3C[C@H](Oc4ccnc(C(F)(F)F)c4)C3)c(F)cc(CO)c2cn1. The third-order valence-electron chi connectivity index (χ3n) is 5.34. The highest BCUT2D eigenvalue weighted by Gasteiger charge is 2.34. The van der Waals surface area contributed by atoms with Crippen LogP contribution in [0.2, 0.25) is 0 Å². The summed E-state index contributed by atoms with van der Waals surface area (Å²) in [4.78, 5) is 7.32. The van der Waals surface area contributed by atoms with Crippen LogP contribution in [-0.2, 0) is 19.3 Å². The number of aliphatic hydroxyl groups is 1. The molecule has 4 N–H and O–H groups in total. The van der Waals surface area contributed by atoms with E-state index in [0.717, 1.165) is 12.3 Å². The molecule has 1 aliphatic carbocycles. The molecule has 0 unspecified atom stereocenters. The molecule has 0 aliphatic heterocycles. The Labute approximate surface area is 175 Å². The van der Waals surface area contributed by atoms with Crippen LogP contribution in [-0.4, -0.2) is 27.2 Å². The molecule has 6 nitrogen and oxygen atoms in total. The molecule has 2 heterocycles. The quantitative estimate of drug-likeness (QED) is 0.512. The lowest BCUT2D eigenvalue weighted by molar-refractivity contribution is -0.141. The van der Waals surface area contributed by atoms with Gasteiger partial charge in [0, 0.05) is 42.0 Å². The molecule has 31 heavy (non-hydrogen) atoms. The maximum atomic E-state index is 14.6. The van der Waals surface area contributed by atoms with E-state index < -0.39 is 17.7 Å². The highest BCUT2D eigenvalue weighted by Crippen LogP contribution is 2.32. The van der Waals surface area contributed by atoms with Crippen molar-refractivity contribution in [3.63, 3.8) is 0 Å². The summed E-state index contributed by atoms with van der Waals surface area (Å²) < 4.78 is 58.5. The normalized spacial score (nSPS) is 18.7. The second-order valence-corrected chi connectivity index (χ2v) is 7.47. The maximum Gasteiger partial charge on any atom is 0.433 e. The van der Waals surface area contributed by atoms with Crippen LogP contribution in [0.25, 0.3) is 10.8 Å². The summed E-state index contributed by atoms with van der Waals surface area (Å²) in [5.74, 6) is -0.0976. The van der Waals surface area contributed by atoms with Crippen LogP contribution in [0.4, 0.5) is 23.4 Å². The number of halogens is 4. The molecule has 0 saturated heterocycles. The second-order valence-electron chi connectivity index (χ2n) is 7.47. The lowest BCUT2D eigenvalue weighted by atomic mass is 9.88. The molecule has 0 radical (unpaired) electrons. The van der Waals surface area contributed by atoms with E-state index in [4.69, 9.17) is 10.5 Å². The van der Waals surface area contributed by atoms with Crippen molar-refractivity contribution in [2.24, 2.45) is 0 Å². The number of nitrogens with two attached hydrogens (primary N) is 1. The molecule has 1 saturated carbocycles. The second kappa shape index (κ2) is 8.27. The van der Waals surface area contributed by atoms with E-state index in [1.807, 2.05) is 0 Å². The molecule has 0 atom stereocenters. The number of pyridine rings is 2. The molecule has 0 bridgehead atoms. The van der Waals surface area contributed by atoms with E-state index in [9.17, 15) is 22.7 Å². The largest absolute Gasteiger partial charge is 0.490 e. The van der Waals surface area contributed by atoms with Crippen molar-refractivity contribution in [3.05, 3.63) is 59.3 Å². The zero-order valence-corrected chi connectivity index (χ0v) is 16.3. The number of aromatic nitrogens is 2. The van der Waals surface area contributed by atoms with Gasteiger partial charge in [-0.3, -0.25) is 4.98 Å². The number of hydrogen-bond acceptors (Lipinski definition) is 6. The molecule has 2 aromatic heterocycles. The fourth-order valence-electron chi connectivity index (χ4n) is 3.64. The minimum absolute atomic E-state index is 0.0278. The molecule has 1 fully saturated rings. The summed E-state index contributed by atoms with van der Waals surface area (Å²) in [7, 11) is 0. The number of nitrogen functional groups attached to an aromatic ring is 1. The van der Waals surface area contributed by atoms with Gasteiger partial charge in [0.1, 0.15) is 29.2 Å². The smallest absolute Gasteiger partial charge is 0.433 e. The minimum Gasteiger partial charge on any atom is -0.490 e. The van der Waals surface area contributed by atoms with Crippen LogP contribution < -0.4 is 15.8 Å². The van der Waals surface area contributed by atoms with E-state index in [2.05, 4.69) is 15.3 Å². The van der Waals surface area contributed by atoms with E-state index >= 15 is 0 Å². The first-order valence-electron chi connectivity index (χ1n) is 9.64. The van der Waals surface area contributed by atoms with Crippen LogP contribution in [0.1, 0.15) is 29.7 Å². The summed E-state index contributed by atoms with van der Waals surface area (Å²) >= 11 is 0. The van der Waals surface area contributed by atoms with Crippen molar-refractivity contribution < 1.29 is 27.4 Å². The Morgan fingerprint density at radius 3 is 2.65 bits per heavy atom. The Bertz CT molecular complexity index is 1100. The van der Waals surface area contributed by atoms with Gasteiger partial charge in [0.25, 0.3) is 0 Å². The van der Waals surface area contributed by atoms with Crippen molar-refractivity contribution >= 4 is 16.6 Å². The number of ether oxygens (including phenoxy) is 1. The first kappa shape index (κ1) is 21.3. The summed E-state index contributed by atoms with van der Waals surface area (Å²) in [6.07, 6.45) is -1.05. The molecule has 164 valence electrons. The standard InChI is InChI=1S/C21H20F4N4O2/c22-18-3-11(10-30)16-8-29-20(26)7-15(16)17(18)9-28-12-4-14(5-12)31-13-1-2-27-19(6-13)21(23,24)25/h1-3,6-8,12,14,28,30H,4-5,9-10H2,(H2,26,29)/t12-,14-. The molecule has 1 aliphatic rings. The number of hydrogen-bond donors (Lipinski definition) is 3. The van der Waals surface area contributed by atoms with Gasteiger partial charge in [-0.1, -0.05) is 0 Å². The predicted molar refractivity (Wildman–Crippen MR) is 106 cm³/mol. The van der Waals surface area contributed by atoms with Gasteiger partial charge in [-0.25, -0.2) is 9.37 Å². The topological polar surface area (TPSA) is 93.3 Å². The number of aliphatic hydroxyl groups excluding tert-OH is 1. The maximum absolute atomic E-state index is 14.6. The summed E-state index contributed by atoms with van der Waals surface area (Å²) in [5.41, 5.74) is 5.59. The van der Waals surface area contributed by atoms with Gasteiger partial charge in [-0.15, -0.1) is 0 Å². The molecule has 0 amide bonds. The zero-order chi connectivity index (χ0) is 22.2. The third kappa shape index (κ3) is 4.54. The Morgan fingerprint density at radius 1 is 1.16 bits per heavy atom. The van der Waals surface area contributed by atoms with Crippen LogP contribution >= 0.6 is 0 Å². The third-order valence-corrected chi connectivity index (χ3v) is 5.34. The Morgan fingerprint density at radius 2 is 1.94 bits per heavy atom. The molecule has 0 spiro atoms. The van der Waals surface area contributed by atoms with Crippen molar-refractivity contribution in [3.8, 4) is 5.75 Å². The number of anilines is 1. The summed E-state index contributed by atoms with van der Waals surface area (Å²) in [6.45, 7) is -0.0954. The molecule has 1 aromatic carbocycles. The Hall–Kier alpha value is -2.98.